The number of hydroxylamine groups is 1. The first-order valence-electron chi connectivity index (χ1n) is 5.23. The maximum Gasteiger partial charge on any atom is 0.281 e. The monoisotopic (exact) mass is 310 g/mol. The van der Waals surface area contributed by atoms with Crippen molar-refractivity contribution in [2.45, 2.75) is 6.92 Å². The summed E-state index contributed by atoms with van der Waals surface area (Å²) in [5.74, 6) is -0.0826. The number of hydrogen-bond acceptors (Lipinski definition) is 4. The van der Waals surface area contributed by atoms with Gasteiger partial charge in [-0.3, -0.25) is 15.0 Å². The number of rotatable bonds is 3. The summed E-state index contributed by atoms with van der Waals surface area (Å²) < 4.78 is 6.02. The molecule has 6 heteroatoms. The number of benzene rings is 1. The number of carbonyl (C=O) groups excluding carboxylic acids is 1. The smallest absolute Gasteiger partial charge is 0.281 e. The van der Waals surface area contributed by atoms with Crippen molar-refractivity contribution in [3.8, 4) is 5.75 Å². The van der Waals surface area contributed by atoms with E-state index in [0.29, 0.717) is 5.75 Å². The van der Waals surface area contributed by atoms with E-state index in [1.165, 1.54) is 5.48 Å². The minimum atomic E-state index is -0.607. The fourth-order valence-electron chi connectivity index (χ4n) is 1.54. The minimum absolute atomic E-state index is 0.250. The standard InChI is InChI=1S/C12H11BrN2O3/c1-7-2-3-8-9(14-7)4-5-10(12(8)13)18-6-11(16)15-17/h2-5,17H,6H2,1H3,(H,15,16). The molecule has 0 saturated heterocycles. The first-order valence-corrected chi connectivity index (χ1v) is 6.02. The highest BCUT2D eigenvalue weighted by Crippen LogP contribution is 2.32. The van der Waals surface area contributed by atoms with Crippen LogP contribution in [0.3, 0.4) is 0 Å². The Morgan fingerprint density at radius 3 is 2.94 bits per heavy atom. The molecule has 0 fully saturated rings. The molecular formula is C12H11BrN2O3. The van der Waals surface area contributed by atoms with Crippen molar-refractivity contribution in [3.63, 3.8) is 0 Å². The predicted octanol–water partition coefficient (Wildman–Crippen LogP) is 2.19. The molecular weight excluding hydrogens is 300 g/mol. The molecule has 2 N–H and O–H groups in total. The molecule has 0 saturated carbocycles. The molecule has 18 heavy (non-hydrogen) atoms. The predicted molar refractivity (Wildman–Crippen MR) is 69.6 cm³/mol. The van der Waals surface area contributed by atoms with Crippen LogP contribution in [0, 0.1) is 6.92 Å². The third-order valence-corrected chi connectivity index (χ3v) is 3.21. The van der Waals surface area contributed by atoms with Crippen LogP contribution in [0.25, 0.3) is 10.9 Å². The van der Waals surface area contributed by atoms with Crippen LogP contribution in [0.15, 0.2) is 28.7 Å². The lowest BCUT2D eigenvalue weighted by Crippen LogP contribution is -2.25. The van der Waals surface area contributed by atoms with Crippen molar-refractivity contribution in [1.82, 2.24) is 10.5 Å². The van der Waals surface area contributed by atoms with Crippen LogP contribution in [0.5, 0.6) is 5.75 Å². The van der Waals surface area contributed by atoms with Crippen LogP contribution in [0.2, 0.25) is 0 Å². The van der Waals surface area contributed by atoms with Gasteiger partial charge < -0.3 is 4.74 Å². The zero-order chi connectivity index (χ0) is 13.1. The summed E-state index contributed by atoms with van der Waals surface area (Å²) in [7, 11) is 0. The number of fused-ring (bicyclic) bond motifs is 1. The summed E-state index contributed by atoms with van der Waals surface area (Å²) in [5.41, 5.74) is 3.29. The highest BCUT2D eigenvalue weighted by Gasteiger charge is 2.09. The fourth-order valence-corrected chi connectivity index (χ4v) is 2.12. The lowest BCUT2D eigenvalue weighted by atomic mass is 10.2. The topological polar surface area (TPSA) is 71.5 Å². The second-order valence-electron chi connectivity index (χ2n) is 3.72. The van der Waals surface area contributed by atoms with Gasteiger partial charge in [0.25, 0.3) is 5.91 Å². The molecule has 94 valence electrons. The van der Waals surface area contributed by atoms with Crippen LogP contribution in [0.1, 0.15) is 5.69 Å². The molecule has 1 aromatic heterocycles. The van der Waals surface area contributed by atoms with Gasteiger partial charge in [-0.25, -0.2) is 5.48 Å². The Morgan fingerprint density at radius 2 is 2.22 bits per heavy atom. The molecule has 0 bridgehead atoms. The first kappa shape index (κ1) is 12.8. The molecule has 2 aromatic rings. The number of hydrogen-bond donors (Lipinski definition) is 2. The van der Waals surface area contributed by atoms with Gasteiger partial charge in [0.2, 0.25) is 0 Å². The van der Waals surface area contributed by atoms with Gasteiger partial charge in [0, 0.05) is 11.1 Å². The number of amides is 1. The van der Waals surface area contributed by atoms with Gasteiger partial charge in [-0.1, -0.05) is 0 Å². The number of carbonyl (C=O) groups is 1. The van der Waals surface area contributed by atoms with E-state index in [4.69, 9.17) is 9.94 Å². The third-order valence-electron chi connectivity index (χ3n) is 2.39. The quantitative estimate of drug-likeness (QED) is 0.673. The SMILES string of the molecule is Cc1ccc2c(Br)c(OCC(=O)NO)ccc2n1. The maximum absolute atomic E-state index is 10.9. The molecule has 0 atom stereocenters. The number of pyridine rings is 1. The fraction of sp³-hybridized carbons (Fsp3) is 0.167. The largest absolute Gasteiger partial charge is 0.482 e. The first-order chi connectivity index (χ1) is 8.61. The Hall–Kier alpha value is -1.66. The molecule has 0 spiro atoms. The van der Waals surface area contributed by atoms with E-state index < -0.39 is 5.91 Å². The average Bonchev–Trinajstić information content (AvgIpc) is 2.37. The van der Waals surface area contributed by atoms with Crippen molar-refractivity contribution in [2.24, 2.45) is 0 Å². The normalized spacial score (nSPS) is 10.4. The Bertz CT molecular complexity index is 601. The van der Waals surface area contributed by atoms with Gasteiger partial charge in [0.05, 0.1) is 9.99 Å². The summed E-state index contributed by atoms with van der Waals surface area (Å²) in [5, 5.41) is 9.29. The van der Waals surface area contributed by atoms with E-state index >= 15 is 0 Å². The Morgan fingerprint density at radius 1 is 1.44 bits per heavy atom. The van der Waals surface area contributed by atoms with Gasteiger partial charge in [-0.05, 0) is 47.1 Å². The van der Waals surface area contributed by atoms with Crippen LogP contribution in [0.4, 0.5) is 0 Å². The molecule has 0 unspecified atom stereocenters. The maximum atomic E-state index is 10.9. The van der Waals surface area contributed by atoms with Crippen LogP contribution < -0.4 is 10.2 Å². The molecule has 2 rings (SSSR count). The second kappa shape index (κ2) is 5.32. The van der Waals surface area contributed by atoms with E-state index in [9.17, 15) is 4.79 Å². The van der Waals surface area contributed by atoms with Crippen molar-refractivity contribution < 1.29 is 14.7 Å². The number of ether oxygens (including phenoxy) is 1. The molecule has 1 heterocycles. The molecule has 1 aromatic carbocycles. The van der Waals surface area contributed by atoms with Crippen molar-refractivity contribution >= 4 is 32.7 Å². The molecule has 1 amide bonds. The van der Waals surface area contributed by atoms with Crippen LogP contribution >= 0.6 is 15.9 Å². The van der Waals surface area contributed by atoms with Gasteiger partial charge in [-0.2, -0.15) is 0 Å². The summed E-state index contributed by atoms with van der Waals surface area (Å²) in [6, 6.07) is 7.38. The molecule has 5 nitrogen and oxygen atoms in total. The molecule has 0 aliphatic heterocycles. The average molecular weight is 311 g/mol. The summed E-state index contributed by atoms with van der Waals surface area (Å²) in [4.78, 5) is 15.3. The van der Waals surface area contributed by atoms with Crippen molar-refractivity contribution in [3.05, 3.63) is 34.4 Å². The molecule has 0 aliphatic rings. The highest BCUT2D eigenvalue weighted by molar-refractivity contribution is 9.10. The minimum Gasteiger partial charge on any atom is -0.482 e. The lowest BCUT2D eigenvalue weighted by molar-refractivity contribution is -0.131. The van der Waals surface area contributed by atoms with Crippen molar-refractivity contribution in [1.29, 1.82) is 0 Å². The van der Waals surface area contributed by atoms with Gasteiger partial charge in [0.1, 0.15) is 5.75 Å². The van der Waals surface area contributed by atoms with E-state index in [2.05, 4.69) is 20.9 Å². The number of nitrogens with zero attached hydrogens (tertiary/aromatic N) is 1. The lowest BCUT2D eigenvalue weighted by Gasteiger charge is -2.09. The highest BCUT2D eigenvalue weighted by atomic mass is 79.9. The number of nitrogens with one attached hydrogen (secondary N) is 1. The zero-order valence-corrected chi connectivity index (χ0v) is 11.2. The number of halogens is 1. The Balaban J connectivity index is 2.33. The van der Waals surface area contributed by atoms with E-state index in [0.717, 1.165) is 21.1 Å². The number of aryl methyl sites for hydroxylation is 1. The summed E-state index contributed by atoms with van der Waals surface area (Å²) in [6.45, 7) is 1.67. The van der Waals surface area contributed by atoms with Crippen LogP contribution in [-0.4, -0.2) is 22.7 Å². The van der Waals surface area contributed by atoms with Crippen LogP contribution in [-0.2, 0) is 4.79 Å². The Labute approximate surface area is 112 Å². The van der Waals surface area contributed by atoms with Gasteiger partial charge in [-0.15, -0.1) is 0 Å². The van der Waals surface area contributed by atoms with E-state index in [1.807, 2.05) is 25.1 Å². The number of aromatic nitrogens is 1. The zero-order valence-electron chi connectivity index (χ0n) is 9.61. The van der Waals surface area contributed by atoms with E-state index in [-0.39, 0.29) is 6.61 Å². The summed E-state index contributed by atoms with van der Waals surface area (Å²) in [6.07, 6.45) is 0. The second-order valence-corrected chi connectivity index (χ2v) is 4.51. The van der Waals surface area contributed by atoms with Gasteiger partial charge in [0.15, 0.2) is 6.61 Å². The van der Waals surface area contributed by atoms with E-state index in [1.54, 1.807) is 6.07 Å². The summed E-state index contributed by atoms with van der Waals surface area (Å²) >= 11 is 3.42. The Kier molecular flexibility index (Phi) is 3.78. The van der Waals surface area contributed by atoms with Crippen molar-refractivity contribution in [2.75, 3.05) is 6.61 Å². The third kappa shape index (κ3) is 2.60. The molecule has 0 radical (unpaired) electrons. The van der Waals surface area contributed by atoms with Gasteiger partial charge >= 0.3 is 0 Å². The molecule has 0 aliphatic carbocycles.